The molecule has 1 saturated carbocycles. The van der Waals surface area contributed by atoms with Crippen molar-refractivity contribution in [3.05, 3.63) is 36.5 Å². The fourth-order valence-electron chi connectivity index (χ4n) is 3.89. The van der Waals surface area contributed by atoms with Gasteiger partial charge < -0.3 is 10.1 Å². The van der Waals surface area contributed by atoms with Gasteiger partial charge in [0.25, 0.3) is 5.91 Å². The Morgan fingerprint density at radius 3 is 2.65 bits per heavy atom. The molecule has 0 unspecified atom stereocenters. The molecular formula is C18H24N6O2. The van der Waals surface area contributed by atoms with E-state index in [-0.39, 0.29) is 11.4 Å². The Balaban J connectivity index is 1.49. The number of carbonyl (C=O) groups excluding carboxylic acids is 1. The van der Waals surface area contributed by atoms with Crippen LogP contribution in [0.15, 0.2) is 31.0 Å². The summed E-state index contributed by atoms with van der Waals surface area (Å²) in [6, 6.07) is 3.52. The van der Waals surface area contributed by atoms with E-state index in [2.05, 4.69) is 25.4 Å². The third kappa shape index (κ3) is 3.76. The van der Waals surface area contributed by atoms with Gasteiger partial charge in [-0.3, -0.25) is 14.3 Å². The molecule has 8 nitrogen and oxygen atoms in total. The molecule has 3 heterocycles. The molecule has 1 N–H and O–H groups in total. The van der Waals surface area contributed by atoms with E-state index < -0.39 is 0 Å². The lowest BCUT2D eigenvalue weighted by atomic mass is 9.95. The second-order valence-electron chi connectivity index (χ2n) is 7.10. The van der Waals surface area contributed by atoms with E-state index in [0.717, 1.165) is 58.5 Å². The molecule has 1 aliphatic heterocycles. The molecule has 1 aliphatic carbocycles. The normalized spacial score (nSPS) is 20.2. The van der Waals surface area contributed by atoms with E-state index in [1.807, 2.05) is 0 Å². The van der Waals surface area contributed by atoms with E-state index in [9.17, 15) is 4.79 Å². The first-order valence-corrected chi connectivity index (χ1v) is 9.18. The molecule has 2 aromatic heterocycles. The third-order valence-electron chi connectivity index (χ3n) is 5.26. The number of nitrogens with one attached hydrogen (secondary N) is 1. The lowest BCUT2D eigenvalue weighted by Gasteiger charge is -2.37. The molecule has 1 amide bonds. The van der Waals surface area contributed by atoms with Crippen LogP contribution < -0.4 is 5.32 Å². The first-order chi connectivity index (χ1) is 12.7. The molecular weight excluding hydrogens is 332 g/mol. The van der Waals surface area contributed by atoms with Gasteiger partial charge in [-0.2, -0.15) is 0 Å². The monoisotopic (exact) mass is 356 g/mol. The predicted octanol–water partition coefficient (Wildman–Crippen LogP) is 1.04. The molecule has 2 fully saturated rings. The van der Waals surface area contributed by atoms with Crippen LogP contribution in [0.4, 0.5) is 0 Å². The summed E-state index contributed by atoms with van der Waals surface area (Å²) in [7, 11) is 0. The zero-order valence-corrected chi connectivity index (χ0v) is 14.8. The maximum Gasteiger partial charge on any atom is 0.251 e. The molecule has 138 valence electrons. The van der Waals surface area contributed by atoms with Crippen LogP contribution in [0.5, 0.6) is 0 Å². The molecule has 0 bridgehead atoms. The average molecular weight is 356 g/mol. The number of carbonyl (C=O) groups is 1. The summed E-state index contributed by atoms with van der Waals surface area (Å²) >= 11 is 0. The lowest BCUT2D eigenvalue weighted by Crippen LogP contribution is -2.55. The maximum absolute atomic E-state index is 12.9. The van der Waals surface area contributed by atoms with Gasteiger partial charge in [0.2, 0.25) is 0 Å². The van der Waals surface area contributed by atoms with E-state index in [0.29, 0.717) is 11.4 Å². The number of pyridine rings is 1. The van der Waals surface area contributed by atoms with Crippen LogP contribution in [0.25, 0.3) is 5.82 Å². The highest BCUT2D eigenvalue weighted by atomic mass is 16.5. The second-order valence-corrected chi connectivity index (χ2v) is 7.10. The van der Waals surface area contributed by atoms with Gasteiger partial charge in [-0.15, -0.1) is 10.2 Å². The number of nitrogens with zero attached hydrogens (tertiary/aromatic N) is 5. The third-order valence-corrected chi connectivity index (χ3v) is 5.26. The molecule has 1 saturated heterocycles. The van der Waals surface area contributed by atoms with Gasteiger partial charge in [0, 0.05) is 31.4 Å². The zero-order valence-electron chi connectivity index (χ0n) is 14.8. The largest absolute Gasteiger partial charge is 0.379 e. The van der Waals surface area contributed by atoms with Crippen LogP contribution in [0, 0.1) is 0 Å². The number of amides is 1. The zero-order chi connectivity index (χ0) is 17.8. The Morgan fingerprint density at radius 2 is 1.92 bits per heavy atom. The van der Waals surface area contributed by atoms with Crippen molar-refractivity contribution in [2.75, 3.05) is 32.8 Å². The Bertz CT molecular complexity index is 736. The number of hydrogen-bond donors (Lipinski definition) is 1. The molecule has 8 heteroatoms. The van der Waals surface area contributed by atoms with Gasteiger partial charge >= 0.3 is 0 Å². The molecule has 4 rings (SSSR count). The summed E-state index contributed by atoms with van der Waals surface area (Å²) in [6.45, 7) is 4.31. The number of aromatic nitrogens is 4. The smallest absolute Gasteiger partial charge is 0.251 e. The van der Waals surface area contributed by atoms with E-state index >= 15 is 0 Å². The van der Waals surface area contributed by atoms with Gasteiger partial charge in [0.15, 0.2) is 0 Å². The topological polar surface area (TPSA) is 85.2 Å². The Kier molecular flexibility index (Phi) is 4.94. The van der Waals surface area contributed by atoms with Crippen molar-refractivity contribution in [2.24, 2.45) is 0 Å². The fraction of sp³-hybridized carbons (Fsp3) is 0.556. The van der Waals surface area contributed by atoms with E-state index in [4.69, 9.17) is 4.74 Å². The molecule has 26 heavy (non-hydrogen) atoms. The van der Waals surface area contributed by atoms with Crippen molar-refractivity contribution in [3.8, 4) is 5.82 Å². The minimum absolute atomic E-state index is 0.0446. The van der Waals surface area contributed by atoms with Crippen LogP contribution >= 0.6 is 0 Å². The van der Waals surface area contributed by atoms with Crippen LogP contribution in [0.3, 0.4) is 0 Å². The number of rotatable bonds is 5. The summed E-state index contributed by atoms with van der Waals surface area (Å²) in [5, 5.41) is 10.9. The highest BCUT2D eigenvalue weighted by Crippen LogP contribution is 2.31. The molecule has 0 aromatic carbocycles. The minimum Gasteiger partial charge on any atom is -0.379 e. The summed E-state index contributed by atoms with van der Waals surface area (Å²) in [5.74, 6) is 0.591. The summed E-state index contributed by atoms with van der Waals surface area (Å²) < 4.78 is 7.14. The van der Waals surface area contributed by atoms with Crippen molar-refractivity contribution in [1.82, 2.24) is 30.0 Å². The van der Waals surface area contributed by atoms with Crippen molar-refractivity contribution < 1.29 is 9.53 Å². The van der Waals surface area contributed by atoms with E-state index in [1.165, 1.54) is 0 Å². The molecule has 0 atom stereocenters. The fourth-order valence-corrected chi connectivity index (χ4v) is 3.89. The SMILES string of the molecule is O=C(NC1(CN2CCOCC2)CCCC1)c1ccnc(-n2cnnc2)c1. The van der Waals surface area contributed by atoms with Gasteiger partial charge in [-0.1, -0.05) is 12.8 Å². The van der Waals surface area contributed by atoms with E-state index in [1.54, 1.807) is 35.6 Å². The van der Waals surface area contributed by atoms with Gasteiger partial charge in [0.05, 0.1) is 18.8 Å². The molecule has 0 radical (unpaired) electrons. The number of morpholine rings is 1. The second kappa shape index (κ2) is 7.51. The number of hydrogen-bond acceptors (Lipinski definition) is 6. The Morgan fingerprint density at radius 1 is 1.19 bits per heavy atom. The summed E-state index contributed by atoms with van der Waals surface area (Å²) in [6.07, 6.45) is 9.16. The molecule has 2 aromatic rings. The number of ether oxygens (including phenoxy) is 1. The maximum atomic E-state index is 12.9. The lowest BCUT2D eigenvalue weighted by molar-refractivity contribution is 0.0238. The van der Waals surface area contributed by atoms with Crippen LogP contribution in [0.2, 0.25) is 0 Å². The van der Waals surface area contributed by atoms with Crippen molar-refractivity contribution in [2.45, 2.75) is 31.2 Å². The van der Waals surface area contributed by atoms with Crippen LogP contribution in [0.1, 0.15) is 36.0 Å². The summed E-state index contributed by atoms with van der Waals surface area (Å²) in [5.41, 5.74) is 0.464. The van der Waals surface area contributed by atoms with Gasteiger partial charge in [-0.05, 0) is 25.0 Å². The van der Waals surface area contributed by atoms with Crippen LogP contribution in [-0.4, -0.2) is 68.9 Å². The average Bonchev–Trinajstić information content (AvgIpc) is 3.35. The highest BCUT2D eigenvalue weighted by molar-refractivity contribution is 5.95. The van der Waals surface area contributed by atoms with Crippen molar-refractivity contribution in [3.63, 3.8) is 0 Å². The molecule has 2 aliphatic rings. The first kappa shape index (κ1) is 17.1. The molecule has 0 spiro atoms. The standard InChI is InChI=1S/C18H24N6O2/c25-17(15-3-6-19-16(11-15)24-13-20-21-14-24)22-18(4-1-2-5-18)12-23-7-9-26-10-8-23/h3,6,11,13-14H,1-2,4-5,7-10,12H2,(H,22,25). The van der Waals surface area contributed by atoms with Gasteiger partial charge in [0.1, 0.15) is 18.5 Å². The predicted molar refractivity (Wildman–Crippen MR) is 95.1 cm³/mol. The first-order valence-electron chi connectivity index (χ1n) is 9.18. The quantitative estimate of drug-likeness (QED) is 0.862. The van der Waals surface area contributed by atoms with Crippen molar-refractivity contribution >= 4 is 5.91 Å². The van der Waals surface area contributed by atoms with Crippen LogP contribution in [-0.2, 0) is 4.74 Å². The minimum atomic E-state index is -0.144. The van der Waals surface area contributed by atoms with Crippen molar-refractivity contribution in [1.29, 1.82) is 0 Å². The Labute approximate surface area is 152 Å². The Hall–Kier alpha value is -2.32. The highest BCUT2D eigenvalue weighted by Gasteiger charge is 2.37. The van der Waals surface area contributed by atoms with Gasteiger partial charge in [-0.25, -0.2) is 4.98 Å². The summed E-state index contributed by atoms with van der Waals surface area (Å²) in [4.78, 5) is 19.6.